The van der Waals surface area contributed by atoms with Crippen LogP contribution in [0.25, 0.3) is 0 Å². The molecule has 0 aliphatic carbocycles. The SMILES string of the molecule is CN=C(NCc1ccnc(N2CCCC2)c1)NCc1ccco1. The van der Waals surface area contributed by atoms with Crippen LogP contribution in [0.15, 0.2) is 46.1 Å². The van der Waals surface area contributed by atoms with Crippen molar-refractivity contribution in [2.45, 2.75) is 25.9 Å². The molecular formula is C17H23N5O. The highest BCUT2D eigenvalue weighted by molar-refractivity contribution is 5.79. The maximum absolute atomic E-state index is 5.30. The minimum Gasteiger partial charge on any atom is -0.467 e. The van der Waals surface area contributed by atoms with Gasteiger partial charge in [-0.25, -0.2) is 4.98 Å². The lowest BCUT2D eigenvalue weighted by molar-refractivity contribution is 0.501. The molecule has 2 aromatic heterocycles. The Labute approximate surface area is 136 Å². The lowest BCUT2D eigenvalue weighted by Gasteiger charge is -2.17. The van der Waals surface area contributed by atoms with Gasteiger partial charge in [-0.1, -0.05) is 0 Å². The van der Waals surface area contributed by atoms with Gasteiger partial charge >= 0.3 is 0 Å². The van der Waals surface area contributed by atoms with Gasteiger partial charge in [0, 0.05) is 32.9 Å². The Morgan fingerprint density at radius 1 is 1.26 bits per heavy atom. The van der Waals surface area contributed by atoms with E-state index in [4.69, 9.17) is 4.42 Å². The average Bonchev–Trinajstić information content (AvgIpc) is 3.29. The monoisotopic (exact) mass is 313 g/mol. The van der Waals surface area contributed by atoms with Gasteiger partial charge in [0.25, 0.3) is 0 Å². The summed E-state index contributed by atoms with van der Waals surface area (Å²) in [7, 11) is 1.76. The van der Waals surface area contributed by atoms with Gasteiger partial charge in [-0.2, -0.15) is 0 Å². The maximum atomic E-state index is 5.30. The maximum Gasteiger partial charge on any atom is 0.191 e. The van der Waals surface area contributed by atoms with Crippen LogP contribution in [0.3, 0.4) is 0 Å². The molecule has 1 aliphatic rings. The predicted molar refractivity (Wildman–Crippen MR) is 91.4 cm³/mol. The number of aromatic nitrogens is 1. The lowest BCUT2D eigenvalue weighted by Crippen LogP contribution is -2.36. The van der Waals surface area contributed by atoms with Gasteiger partial charge in [0.05, 0.1) is 12.8 Å². The van der Waals surface area contributed by atoms with Crippen molar-refractivity contribution in [2.75, 3.05) is 25.0 Å². The van der Waals surface area contributed by atoms with Crippen molar-refractivity contribution in [3.63, 3.8) is 0 Å². The fourth-order valence-electron chi connectivity index (χ4n) is 2.68. The van der Waals surface area contributed by atoms with Gasteiger partial charge in [0.15, 0.2) is 5.96 Å². The van der Waals surface area contributed by atoms with E-state index in [1.165, 1.54) is 18.4 Å². The normalized spacial score (nSPS) is 15.0. The fourth-order valence-corrected chi connectivity index (χ4v) is 2.68. The van der Waals surface area contributed by atoms with Crippen LogP contribution in [0.1, 0.15) is 24.2 Å². The van der Waals surface area contributed by atoms with E-state index in [1.807, 2.05) is 24.4 Å². The second kappa shape index (κ2) is 7.67. The van der Waals surface area contributed by atoms with Crippen LogP contribution in [-0.4, -0.2) is 31.1 Å². The molecule has 3 rings (SSSR count). The zero-order valence-electron chi connectivity index (χ0n) is 13.5. The highest BCUT2D eigenvalue weighted by Crippen LogP contribution is 2.18. The summed E-state index contributed by atoms with van der Waals surface area (Å²) in [5, 5.41) is 6.55. The van der Waals surface area contributed by atoms with E-state index in [2.05, 4.69) is 31.6 Å². The predicted octanol–water partition coefficient (Wildman–Crippen LogP) is 2.14. The van der Waals surface area contributed by atoms with Crippen molar-refractivity contribution in [3.8, 4) is 0 Å². The fraction of sp³-hybridized carbons (Fsp3) is 0.412. The molecule has 1 saturated heterocycles. The van der Waals surface area contributed by atoms with Crippen molar-refractivity contribution in [2.24, 2.45) is 4.99 Å². The van der Waals surface area contributed by atoms with Crippen LogP contribution in [0.5, 0.6) is 0 Å². The Morgan fingerprint density at radius 3 is 2.83 bits per heavy atom. The number of pyridine rings is 1. The van der Waals surface area contributed by atoms with Crippen molar-refractivity contribution in [1.82, 2.24) is 15.6 Å². The van der Waals surface area contributed by atoms with Crippen LogP contribution in [0.4, 0.5) is 5.82 Å². The molecule has 0 unspecified atom stereocenters. The van der Waals surface area contributed by atoms with Crippen LogP contribution < -0.4 is 15.5 Å². The second-order valence-electron chi connectivity index (χ2n) is 5.58. The van der Waals surface area contributed by atoms with E-state index < -0.39 is 0 Å². The summed E-state index contributed by atoms with van der Waals surface area (Å²) < 4.78 is 5.30. The molecular weight excluding hydrogens is 290 g/mol. The highest BCUT2D eigenvalue weighted by atomic mass is 16.3. The van der Waals surface area contributed by atoms with Crippen LogP contribution in [0, 0.1) is 0 Å². The Kier molecular flexibility index (Phi) is 5.13. The van der Waals surface area contributed by atoms with E-state index >= 15 is 0 Å². The summed E-state index contributed by atoms with van der Waals surface area (Å²) in [6, 6.07) is 8.00. The Balaban J connectivity index is 1.53. The van der Waals surface area contributed by atoms with Crippen molar-refractivity contribution in [1.29, 1.82) is 0 Å². The average molecular weight is 313 g/mol. The summed E-state index contributed by atoms with van der Waals surface area (Å²) in [5.41, 5.74) is 1.20. The first-order chi connectivity index (χ1) is 11.3. The molecule has 6 nitrogen and oxygen atoms in total. The summed E-state index contributed by atoms with van der Waals surface area (Å²) in [4.78, 5) is 11.0. The third-order valence-corrected chi connectivity index (χ3v) is 3.93. The van der Waals surface area contributed by atoms with Gasteiger partial charge in [-0.05, 0) is 42.7 Å². The lowest BCUT2D eigenvalue weighted by atomic mass is 10.2. The molecule has 0 radical (unpaired) electrons. The molecule has 0 aromatic carbocycles. The number of hydrogen-bond acceptors (Lipinski definition) is 4. The Bertz CT molecular complexity index is 632. The largest absolute Gasteiger partial charge is 0.467 e. The van der Waals surface area contributed by atoms with Crippen molar-refractivity contribution < 1.29 is 4.42 Å². The summed E-state index contributed by atoms with van der Waals surface area (Å²) in [5.74, 6) is 2.70. The topological polar surface area (TPSA) is 65.7 Å². The number of aliphatic imine (C=N–C) groups is 1. The van der Waals surface area contributed by atoms with E-state index in [-0.39, 0.29) is 0 Å². The van der Waals surface area contributed by atoms with Crippen LogP contribution in [0.2, 0.25) is 0 Å². The van der Waals surface area contributed by atoms with Gasteiger partial charge in [0.1, 0.15) is 11.6 Å². The minimum atomic E-state index is 0.613. The number of anilines is 1. The minimum absolute atomic E-state index is 0.613. The molecule has 2 N–H and O–H groups in total. The molecule has 0 spiro atoms. The first-order valence-electron chi connectivity index (χ1n) is 8.02. The molecule has 122 valence electrons. The number of rotatable bonds is 5. The van der Waals surface area contributed by atoms with Crippen LogP contribution >= 0.6 is 0 Å². The van der Waals surface area contributed by atoms with E-state index in [9.17, 15) is 0 Å². The second-order valence-corrected chi connectivity index (χ2v) is 5.58. The summed E-state index contributed by atoms with van der Waals surface area (Å²) in [6.45, 7) is 3.54. The summed E-state index contributed by atoms with van der Waals surface area (Å²) >= 11 is 0. The molecule has 0 bridgehead atoms. The third kappa shape index (κ3) is 4.25. The molecule has 6 heteroatoms. The van der Waals surface area contributed by atoms with E-state index in [1.54, 1.807) is 13.3 Å². The molecule has 0 amide bonds. The zero-order valence-corrected chi connectivity index (χ0v) is 13.5. The summed E-state index contributed by atoms with van der Waals surface area (Å²) in [6.07, 6.45) is 6.06. The third-order valence-electron chi connectivity index (χ3n) is 3.93. The Morgan fingerprint density at radius 2 is 2.09 bits per heavy atom. The van der Waals surface area contributed by atoms with Crippen molar-refractivity contribution >= 4 is 11.8 Å². The number of nitrogens with zero attached hydrogens (tertiary/aromatic N) is 3. The smallest absolute Gasteiger partial charge is 0.191 e. The first kappa shape index (κ1) is 15.4. The number of furan rings is 1. The van der Waals surface area contributed by atoms with Crippen molar-refractivity contribution in [3.05, 3.63) is 48.0 Å². The van der Waals surface area contributed by atoms with Gasteiger partial charge in [0.2, 0.25) is 0 Å². The molecule has 0 atom stereocenters. The van der Waals surface area contributed by atoms with Crippen LogP contribution in [-0.2, 0) is 13.1 Å². The van der Waals surface area contributed by atoms with Gasteiger partial charge in [-0.3, -0.25) is 4.99 Å². The molecule has 1 fully saturated rings. The van der Waals surface area contributed by atoms with E-state index in [0.29, 0.717) is 13.1 Å². The van der Waals surface area contributed by atoms with E-state index in [0.717, 1.165) is 30.6 Å². The number of nitrogens with one attached hydrogen (secondary N) is 2. The number of guanidine groups is 1. The quantitative estimate of drug-likeness (QED) is 0.654. The molecule has 23 heavy (non-hydrogen) atoms. The first-order valence-corrected chi connectivity index (χ1v) is 8.02. The standard InChI is InChI=1S/C17H23N5O/c1-18-17(21-13-15-5-4-10-23-15)20-12-14-6-7-19-16(11-14)22-8-2-3-9-22/h4-7,10-11H,2-3,8-9,12-13H2,1H3,(H2,18,20,21). The molecule has 3 heterocycles. The molecule has 0 saturated carbocycles. The van der Waals surface area contributed by atoms with Gasteiger partial charge in [-0.15, -0.1) is 0 Å². The Hall–Kier alpha value is -2.50. The number of hydrogen-bond donors (Lipinski definition) is 2. The molecule has 1 aliphatic heterocycles. The van der Waals surface area contributed by atoms with Gasteiger partial charge < -0.3 is 20.0 Å². The zero-order chi connectivity index (χ0) is 15.9. The highest BCUT2D eigenvalue weighted by Gasteiger charge is 2.13. The molecule has 2 aromatic rings.